The largest absolute Gasteiger partial charge is 0.493 e. The van der Waals surface area contributed by atoms with Gasteiger partial charge in [0.25, 0.3) is 5.91 Å². The maximum absolute atomic E-state index is 12.5. The van der Waals surface area contributed by atoms with Crippen LogP contribution in [0.3, 0.4) is 0 Å². The summed E-state index contributed by atoms with van der Waals surface area (Å²) in [7, 11) is 1.63. The molecule has 6 nitrogen and oxygen atoms in total. The summed E-state index contributed by atoms with van der Waals surface area (Å²) in [5.74, 6) is 2.58. The van der Waals surface area contributed by atoms with Crippen molar-refractivity contribution in [1.82, 2.24) is 5.32 Å². The molecule has 2 aromatic carbocycles. The second kappa shape index (κ2) is 11.8. The fourth-order valence-electron chi connectivity index (χ4n) is 2.93. The van der Waals surface area contributed by atoms with E-state index in [1.165, 1.54) is 0 Å². The number of hydrogen-bond acceptors (Lipinski definition) is 5. The molecular formula is C23H31NO5. The van der Waals surface area contributed by atoms with Crippen LogP contribution < -0.4 is 24.3 Å². The van der Waals surface area contributed by atoms with E-state index < -0.39 is 0 Å². The molecule has 0 aliphatic heterocycles. The van der Waals surface area contributed by atoms with Gasteiger partial charge in [-0.05, 0) is 69.5 Å². The number of rotatable bonds is 12. The molecule has 0 fully saturated rings. The molecule has 0 atom stereocenters. The first-order valence-corrected chi connectivity index (χ1v) is 10.1. The number of aryl methyl sites for hydroxylation is 1. The van der Waals surface area contributed by atoms with E-state index in [-0.39, 0.29) is 5.91 Å². The second-order valence-electron chi connectivity index (χ2n) is 6.31. The number of benzene rings is 2. The van der Waals surface area contributed by atoms with Crippen molar-refractivity contribution in [2.24, 2.45) is 0 Å². The average molecular weight is 402 g/mol. The molecule has 6 heteroatoms. The van der Waals surface area contributed by atoms with Gasteiger partial charge in [-0.2, -0.15) is 0 Å². The fourth-order valence-corrected chi connectivity index (χ4v) is 2.93. The Kier molecular flexibility index (Phi) is 9.15. The van der Waals surface area contributed by atoms with Gasteiger partial charge in [0, 0.05) is 12.1 Å². The summed E-state index contributed by atoms with van der Waals surface area (Å²) in [4.78, 5) is 12.5. The number of ether oxygens (including phenoxy) is 4. The molecule has 29 heavy (non-hydrogen) atoms. The lowest BCUT2D eigenvalue weighted by atomic mass is 10.1. The summed E-state index contributed by atoms with van der Waals surface area (Å²) in [6.45, 7) is 7.98. The average Bonchev–Trinajstić information content (AvgIpc) is 2.73. The van der Waals surface area contributed by atoms with Crippen molar-refractivity contribution in [1.29, 1.82) is 0 Å². The summed E-state index contributed by atoms with van der Waals surface area (Å²) >= 11 is 0. The van der Waals surface area contributed by atoms with Crippen molar-refractivity contribution in [2.75, 3.05) is 33.5 Å². The minimum absolute atomic E-state index is 0.127. The quantitative estimate of drug-likeness (QED) is 0.539. The van der Waals surface area contributed by atoms with Crippen molar-refractivity contribution < 1.29 is 23.7 Å². The van der Waals surface area contributed by atoms with Crippen molar-refractivity contribution >= 4 is 5.91 Å². The maximum atomic E-state index is 12.5. The van der Waals surface area contributed by atoms with Crippen LogP contribution in [-0.2, 0) is 6.42 Å². The van der Waals surface area contributed by atoms with Crippen LogP contribution in [0, 0.1) is 0 Å². The van der Waals surface area contributed by atoms with Gasteiger partial charge in [-0.15, -0.1) is 0 Å². The Bertz CT molecular complexity index is 791. The summed E-state index contributed by atoms with van der Waals surface area (Å²) < 4.78 is 22.0. The van der Waals surface area contributed by atoms with E-state index in [1.54, 1.807) is 25.3 Å². The van der Waals surface area contributed by atoms with Crippen LogP contribution >= 0.6 is 0 Å². The molecule has 0 aliphatic carbocycles. The summed E-state index contributed by atoms with van der Waals surface area (Å²) in [5.41, 5.74) is 1.69. The topological polar surface area (TPSA) is 66.0 Å². The number of carbonyl (C=O) groups is 1. The van der Waals surface area contributed by atoms with Gasteiger partial charge in [0.2, 0.25) is 0 Å². The normalized spacial score (nSPS) is 10.3. The Morgan fingerprint density at radius 2 is 1.45 bits per heavy atom. The highest BCUT2D eigenvalue weighted by atomic mass is 16.5. The molecule has 0 radical (unpaired) electrons. The predicted octanol–water partition coefficient (Wildman–Crippen LogP) is 4.25. The first-order valence-electron chi connectivity index (χ1n) is 10.1. The third kappa shape index (κ3) is 6.59. The van der Waals surface area contributed by atoms with E-state index in [1.807, 2.05) is 39.0 Å². The van der Waals surface area contributed by atoms with Crippen LogP contribution in [0.15, 0.2) is 36.4 Å². The lowest BCUT2D eigenvalue weighted by Gasteiger charge is -2.13. The van der Waals surface area contributed by atoms with Crippen molar-refractivity contribution in [2.45, 2.75) is 33.6 Å². The highest BCUT2D eigenvalue weighted by Gasteiger charge is 2.11. The number of carbonyl (C=O) groups excluding carboxylic acids is 1. The molecule has 0 saturated carbocycles. The van der Waals surface area contributed by atoms with Crippen LogP contribution in [-0.4, -0.2) is 39.4 Å². The number of methoxy groups -OCH3 is 1. The summed E-state index contributed by atoms with van der Waals surface area (Å²) in [5, 5.41) is 2.96. The van der Waals surface area contributed by atoms with E-state index in [0.717, 1.165) is 29.9 Å². The van der Waals surface area contributed by atoms with Crippen molar-refractivity contribution in [3.8, 4) is 23.0 Å². The molecule has 2 aromatic rings. The lowest BCUT2D eigenvalue weighted by Crippen LogP contribution is -2.24. The van der Waals surface area contributed by atoms with E-state index >= 15 is 0 Å². The minimum Gasteiger partial charge on any atom is -0.493 e. The molecule has 0 aliphatic rings. The van der Waals surface area contributed by atoms with E-state index in [0.29, 0.717) is 43.4 Å². The molecule has 1 amide bonds. The van der Waals surface area contributed by atoms with Gasteiger partial charge in [-0.3, -0.25) is 4.79 Å². The second-order valence-corrected chi connectivity index (χ2v) is 6.31. The monoisotopic (exact) mass is 401 g/mol. The van der Waals surface area contributed by atoms with E-state index in [4.69, 9.17) is 18.9 Å². The van der Waals surface area contributed by atoms with Gasteiger partial charge in [0.05, 0.1) is 26.9 Å². The fraction of sp³-hybridized carbons (Fsp3) is 0.435. The molecule has 0 bridgehead atoms. The van der Waals surface area contributed by atoms with E-state index in [2.05, 4.69) is 5.32 Å². The maximum Gasteiger partial charge on any atom is 0.251 e. The third-order valence-electron chi connectivity index (χ3n) is 4.26. The molecule has 0 spiro atoms. The van der Waals surface area contributed by atoms with Crippen LogP contribution in [0.5, 0.6) is 23.0 Å². The Labute approximate surface area is 173 Å². The first-order chi connectivity index (χ1) is 14.1. The molecule has 2 rings (SSSR count). The van der Waals surface area contributed by atoms with Crippen LogP contribution in [0.2, 0.25) is 0 Å². The van der Waals surface area contributed by atoms with Crippen LogP contribution in [0.4, 0.5) is 0 Å². The molecule has 0 aromatic heterocycles. The standard InChI is InChI=1S/C23H31NO5/c1-5-27-19-12-10-17(15-21(19)26-4)9-8-14-24-23(25)18-11-13-20(28-6-2)22(16-18)29-7-3/h10-13,15-16H,5-9,14H2,1-4H3,(H,24,25). The Morgan fingerprint density at radius 3 is 2.10 bits per heavy atom. The van der Waals surface area contributed by atoms with E-state index in [9.17, 15) is 4.79 Å². The van der Waals surface area contributed by atoms with Gasteiger partial charge >= 0.3 is 0 Å². The Hall–Kier alpha value is -2.89. The lowest BCUT2D eigenvalue weighted by molar-refractivity contribution is 0.0952. The zero-order chi connectivity index (χ0) is 21.1. The first kappa shape index (κ1) is 22.4. The summed E-state index contributed by atoms with van der Waals surface area (Å²) in [6, 6.07) is 11.2. The summed E-state index contributed by atoms with van der Waals surface area (Å²) in [6.07, 6.45) is 1.65. The van der Waals surface area contributed by atoms with Crippen LogP contribution in [0.1, 0.15) is 43.1 Å². The number of hydrogen-bond donors (Lipinski definition) is 1. The Morgan fingerprint density at radius 1 is 0.828 bits per heavy atom. The predicted molar refractivity (Wildman–Crippen MR) is 114 cm³/mol. The molecule has 1 N–H and O–H groups in total. The van der Waals surface area contributed by atoms with Gasteiger partial charge < -0.3 is 24.3 Å². The van der Waals surface area contributed by atoms with Gasteiger partial charge in [0.15, 0.2) is 23.0 Å². The van der Waals surface area contributed by atoms with Gasteiger partial charge in [-0.1, -0.05) is 6.07 Å². The van der Waals surface area contributed by atoms with Gasteiger partial charge in [-0.25, -0.2) is 0 Å². The number of amides is 1. The smallest absolute Gasteiger partial charge is 0.251 e. The van der Waals surface area contributed by atoms with Crippen molar-refractivity contribution in [3.05, 3.63) is 47.5 Å². The molecule has 0 unspecified atom stereocenters. The zero-order valence-electron chi connectivity index (χ0n) is 17.7. The van der Waals surface area contributed by atoms with Crippen molar-refractivity contribution in [3.63, 3.8) is 0 Å². The molecule has 0 heterocycles. The zero-order valence-corrected chi connectivity index (χ0v) is 17.7. The molecule has 158 valence electrons. The Balaban J connectivity index is 1.89. The minimum atomic E-state index is -0.127. The SMILES string of the molecule is CCOc1ccc(CCCNC(=O)c2ccc(OCC)c(OCC)c2)cc1OC. The highest BCUT2D eigenvalue weighted by molar-refractivity contribution is 5.94. The highest BCUT2D eigenvalue weighted by Crippen LogP contribution is 2.29. The molecular weight excluding hydrogens is 370 g/mol. The van der Waals surface area contributed by atoms with Gasteiger partial charge in [0.1, 0.15) is 0 Å². The molecule has 0 saturated heterocycles. The number of nitrogens with one attached hydrogen (secondary N) is 1. The third-order valence-corrected chi connectivity index (χ3v) is 4.26. The van der Waals surface area contributed by atoms with Crippen LogP contribution in [0.25, 0.3) is 0 Å².